The van der Waals surface area contributed by atoms with Gasteiger partial charge in [0.25, 0.3) is 5.91 Å². The molecule has 11 heteroatoms. The SMILES string of the molecule is O=C1CCC(N2Cc3ccc(COC(=O)Nc4ccc(Oc5ccccc5)cc4)c(Oc4cccnc4)c3C2=O)C(=O)N1. The zero-order valence-corrected chi connectivity index (χ0v) is 22.8. The van der Waals surface area contributed by atoms with Crippen molar-refractivity contribution < 1.29 is 33.4 Å². The van der Waals surface area contributed by atoms with Crippen molar-refractivity contribution in [1.29, 1.82) is 0 Å². The topological polar surface area (TPSA) is 136 Å². The first-order valence-electron chi connectivity index (χ1n) is 13.6. The second-order valence-electron chi connectivity index (χ2n) is 9.92. The number of pyridine rings is 1. The molecular formula is C32H26N4O7. The van der Waals surface area contributed by atoms with Crippen LogP contribution >= 0.6 is 0 Å². The quantitative estimate of drug-likeness (QED) is 0.273. The molecule has 1 saturated heterocycles. The van der Waals surface area contributed by atoms with E-state index in [1.54, 1.807) is 54.7 Å². The predicted molar refractivity (Wildman–Crippen MR) is 154 cm³/mol. The molecule has 216 valence electrons. The summed E-state index contributed by atoms with van der Waals surface area (Å²) in [4.78, 5) is 56.0. The third-order valence-electron chi connectivity index (χ3n) is 7.02. The number of aromatic nitrogens is 1. The fourth-order valence-electron chi connectivity index (χ4n) is 4.95. The summed E-state index contributed by atoms with van der Waals surface area (Å²) in [6.45, 7) is -0.0228. The maximum Gasteiger partial charge on any atom is 0.411 e. The number of fused-ring (bicyclic) bond motifs is 1. The van der Waals surface area contributed by atoms with E-state index in [0.717, 1.165) is 0 Å². The van der Waals surface area contributed by atoms with Gasteiger partial charge in [-0.2, -0.15) is 0 Å². The second kappa shape index (κ2) is 12.0. The number of anilines is 1. The van der Waals surface area contributed by atoms with E-state index in [4.69, 9.17) is 14.2 Å². The van der Waals surface area contributed by atoms with Gasteiger partial charge in [0.05, 0.1) is 11.8 Å². The number of carbonyl (C=O) groups is 4. The normalized spacial score (nSPS) is 15.9. The van der Waals surface area contributed by atoms with E-state index >= 15 is 0 Å². The molecule has 0 saturated carbocycles. The van der Waals surface area contributed by atoms with Crippen molar-refractivity contribution in [3.63, 3.8) is 0 Å². The predicted octanol–water partition coefficient (Wildman–Crippen LogP) is 5.18. The summed E-state index contributed by atoms with van der Waals surface area (Å²) < 4.78 is 17.4. The number of hydrogen-bond acceptors (Lipinski definition) is 8. The number of carbonyl (C=O) groups excluding carboxylic acids is 4. The Morgan fingerprint density at radius 2 is 1.67 bits per heavy atom. The number of benzene rings is 3. The summed E-state index contributed by atoms with van der Waals surface area (Å²) in [6, 6.07) is 22.2. The zero-order valence-electron chi connectivity index (χ0n) is 22.8. The number of nitrogens with one attached hydrogen (secondary N) is 2. The van der Waals surface area contributed by atoms with Crippen LogP contribution in [0, 0.1) is 0 Å². The lowest BCUT2D eigenvalue weighted by Gasteiger charge is -2.29. The van der Waals surface area contributed by atoms with Crippen LogP contribution in [0.2, 0.25) is 0 Å². The molecule has 0 aliphatic carbocycles. The number of amides is 4. The van der Waals surface area contributed by atoms with Crippen LogP contribution in [0.5, 0.6) is 23.0 Å². The molecule has 1 atom stereocenters. The molecule has 43 heavy (non-hydrogen) atoms. The molecule has 2 aliphatic heterocycles. The molecule has 11 nitrogen and oxygen atoms in total. The molecule has 1 aromatic heterocycles. The minimum atomic E-state index is -0.779. The first-order chi connectivity index (χ1) is 20.9. The molecule has 0 radical (unpaired) electrons. The molecule has 0 spiro atoms. The molecule has 0 bridgehead atoms. The van der Waals surface area contributed by atoms with Gasteiger partial charge >= 0.3 is 6.09 Å². The van der Waals surface area contributed by atoms with Crippen LogP contribution in [0.25, 0.3) is 0 Å². The Kier molecular flexibility index (Phi) is 7.68. The average molecular weight is 579 g/mol. The minimum Gasteiger partial charge on any atom is -0.457 e. The summed E-state index contributed by atoms with van der Waals surface area (Å²) in [5.74, 6) is 0.614. The Bertz CT molecular complexity index is 1680. The van der Waals surface area contributed by atoms with E-state index in [9.17, 15) is 19.2 Å². The molecule has 1 fully saturated rings. The van der Waals surface area contributed by atoms with Crippen LogP contribution in [0.3, 0.4) is 0 Å². The Morgan fingerprint density at radius 3 is 2.42 bits per heavy atom. The van der Waals surface area contributed by atoms with Gasteiger partial charge in [-0.05, 0) is 60.5 Å². The van der Waals surface area contributed by atoms with Crippen LogP contribution in [-0.2, 0) is 27.5 Å². The second-order valence-corrected chi connectivity index (χ2v) is 9.92. The van der Waals surface area contributed by atoms with Gasteiger partial charge in [-0.15, -0.1) is 0 Å². The zero-order chi connectivity index (χ0) is 29.8. The first kappa shape index (κ1) is 27.5. The van der Waals surface area contributed by atoms with Crippen molar-refractivity contribution in [2.75, 3.05) is 5.32 Å². The maximum atomic E-state index is 13.6. The standard InChI is InChI=1S/C32H26N4O7/c37-27-15-14-26(30(38)35-27)36-18-20-8-9-21(29(28(20)31(36)39)43-25-7-4-16-33-17-25)19-41-32(40)34-22-10-12-24(13-11-22)42-23-5-2-1-3-6-23/h1-13,16-17,26H,14-15,18-19H2,(H,34,40)(H,35,37,38). The lowest BCUT2D eigenvalue weighted by Crippen LogP contribution is -2.52. The Balaban J connectivity index is 1.17. The molecule has 3 aromatic carbocycles. The van der Waals surface area contributed by atoms with Gasteiger partial charge in [-0.1, -0.05) is 30.3 Å². The number of imide groups is 1. The minimum absolute atomic E-state index is 0.145. The number of ether oxygens (including phenoxy) is 3. The average Bonchev–Trinajstić information content (AvgIpc) is 3.35. The highest BCUT2D eigenvalue weighted by Crippen LogP contribution is 2.38. The molecule has 6 rings (SSSR count). The molecule has 1 unspecified atom stereocenters. The van der Waals surface area contributed by atoms with Crippen molar-refractivity contribution in [1.82, 2.24) is 15.2 Å². The Hall–Kier alpha value is -5.71. The summed E-state index contributed by atoms with van der Waals surface area (Å²) >= 11 is 0. The lowest BCUT2D eigenvalue weighted by atomic mass is 10.0. The van der Waals surface area contributed by atoms with Crippen LogP contribution in [0.4, 0.5) is 10.5 Å². The fourth-order valence-corrected chi connectivity index (χ4v) is 4.95. The molecule has 4 amide bonds. The molecule has 2 aliphatic rings. The van der Waals surface area contributed by atoms with Crippen molar-refractivity contribution in [2.24, 2.45) is 0 Å². The van der Waals surface area contributed by atoms with Gasteiger partial charge in [0.2, 0.25) is 11.8 Å². The van der Waals surface area contributed by atoms with E-state index < -0.39 is 23.9 Å². The number of piperidine rings is 1. The van der Waals surface area contributed by atoms with Crippen molar-refractivity contribution in [3.05, 3.63) is 108 Å². The van der Waals surface area contributed by atoms with Crippen LogP contribution in [-0.4, -0.2) is 39.7 Å². The highest BCUT2D eigenvalue weighted by Gasteiger charge is 2.41. The number of para-hydroxylation sites is 1. The van der Waals surface area contributed by atoms with Gasteiger partial charge in [0.1, 0.15) is 35.6 Å². The highest BCUT2D eigenvalue weighted by atomic mass is 16.5. The number of hydrogen-bond donors (Lipinski definition) is 2. The molecule has 3 heterocycles. The van der Waals surface area contributed by atoms with Crippen LogP contribution in [0.1, 0.15) is 34.3 Å². The Labute approximate surface area is 246 Å². The summed E-state index contributed by atoms with van der Waals surface area (Å²) in [5.41, 5.74) is 1.87. The Morgan fingerprint density at radius 1 is 0.907 bits per heavy atom. The van der Waals surface area contributed by atoms with E-state index in [1.165, 1.54) is 11.1 Å². The third-order valence-corrected chi connectivity index (χ3v) is 7.02. The van der Waals surface area contributed by atoms with Gasteiger partial charge in [-0.25, -0.2) is 4.79 Å². The largest absolute Gasteiger partial charge is 0.457 e. The summed E-state index contributed by atoms with van der Waals surface area (Å²) in [6.07, 6.45) is 2.76. The van der Waals surface area contributed by atoms with Gasteiger partial charge in [-0.3, -0.25) is 30.0 Å². The van der Waals surface area contributed by atoms with E-state index in [2.05, 4.69) is 15.6 Å². The van der Waals surface area contributed by atoms with Crippen molar-refractivity contribution in [3.8, 4) is 23.0 Å². The van der Waals surface area contributed by atoms with Gasteiger partial charge in [0.15, 0.2) is 0 Å². The first-order valence-corrected chi connectivity index (χ1v) is 13.6. The van der Waals surface area contributed by atoms with E-state index in [-0.39, 0.29) is 43.2 Å². The molecule has 4 aromatic rings. The third kappa shape index (κ3) is 6.15. The summed E-state index contributed by atoms with van der Waals surface area (Å²) in [5, 5.41) is 4.98. The number of nitrogens with zero attached hydrogens (tertiary/aromatic N) is 2. The van der Waals surface area contributed by atoms with E-state index in [1.807, 2.05) is 30.3 Å². The lowest BCUT2D eigenvalue weighted by molar-refractivity contribution is -0.136. The number of rotatable bonds is 8. The highest BCUT2D eigenvalue weighted by molar-refractivity contribution is 6.06. The van der Waals surface area contributed by atoms with Gasteiger partial charge in [0, 0.05) is 30.4 Å². The van der Waals surface area contributed by atoms with Crippen molar-refractivity contribution in [2.45, 2.75) is 32.0 Å². The molecule has 2 N–H and O–H groups in total. The van der Waals surface area contributed by atoms with Crippen LogP contribution < -0.4 is 20.1 Å². The van der Waals surface area contributed by atoms with Crippen molar-refractivity contribution >= 4 is 29.5 Å². The molecular weight excluding hydrogens is 552 g/mol. The fraction of sp³-hybridized carbons (Fsp3) is 0.156. The smallest absolute Gasteiger partial charge is 0.411 e. The maximum absolute atomic E-state index is 13.6. The monoisotopic (exact) mass is 578 g/mol. The summed E-state index contributed by atoms with van der Waals surface area (Å²) in [7, 11) is 0. The van der Waals surface area contributed by atoms with Crippen LogP contribution in [0.15, 0.2) is 91.3 Å². The van der Waals surface area contributed by atoms with Gasteiger partial charge < -0.3 is 19.1 Å². The van der Waals surface area contributed by atoms with E-state index in [0.29, 0.717) is 34.1 Å².